The van der Waals surface area contributed by atoms with Crippen LogP contribution in [0.15, 0.2) is 54.6 Å². The normalized spacial score (nSPS) is 10.4. The fourth-order valence-corrected chi connectivity index (χ4v) is 1.77. The molecular weight excluding hydrogens is 337 g/mol. The average Bonchev–Trinajstić information content (AvgIpc) is 2.56. The third-order valence-corrected chi connectivity index (χ3v) is 2.82. The van der Waals surface area contributed by atoms with Crippen molar-refractivity contribution in [2.45, 2.75) is 6.36 Å². The molecule has 25 heavy (non-hydrogen) atoms. The van der Waals surface area contributed by atoms with Crippen LogP contribution < -0.4 is 10.1 Å². The zero-order chi connectivity index (χ0) is 18.3. The molecule has 5 nitrogen and oxygen atoms in total. The first-order valence-electron chi connectivity index (χ1n) is 7.01. The van der Waals surface area contributed by atoms with Crippen LogP contribution >= 0.6 is 0 Å². The molecule has 0 saturated carbocycles. The summed E-state index contributed by atoms with van der Waals surface area (Å²) in [6, 6.07) is 12.8. The van der Waals surface area contributed by atoms with Crippen LogP contribution in [0, 0.1) is 11.8 Å². The van der Waals surface area contributed by atoms with Gasteiger partial charge >= 0.3 is 12.4 Å². The number of carbonyl (C=O) groups is 1. The van der Waals surface area contributed by atoms with Crippen molar-refractivity contribution < 1.29 is 27.9 Å². The van der Waals surface area contributed by atoms with Crippen LogP contribution in [-0.4, -0.2) is 29.2 Å². The number of rotatable bonds is 3. The highest BCUT2D eigenvalue weighted by atomic mass is 19.4. The van der Waals surface area contributed by atoms with Crippen molar-refractivity contribution in [2.75, 3.05) is 11.9 Å². The van der Waals surface area contributed by atoms with Gasteiger partial charge in [0.25, 0.3) is 0 Å². The van der Waals surface area contributed by atoms with Gasteiger partial charge in [-0.25, -0.2) is 4.79 Å². The smallest absolute Gasteiger partial charge is 0.404 e. The summed E-state index contributed by atoms with van der Waals surface area (Å²) in [5, 5.41) is 12.0. The van der Waals surface area contributed by atoms with E-state index in [0.29, 0.717) is 5.56 Å². The maximum atomic E-state index is 12.3. The van der Waals surface area contributed by atoms with E-state index in [1.54, 1.807) is 24.3 Å². The highest BCUT2D eigenvalue weighted by molar-refractivity contribution is 5.90. The molecule has 0 saturated heterocycles. The number of anilines is 1. The van der Waals surface area contributed by atoms with Crippen molar-refractivity contribution in [1.82, 2.24) is 5.06 Å². The van der Waals surface area contributed by atoms with Crippen molar-refractivity contribution >= 4 is 11.7 Å². The largest absolute Gasteiger partial charge is 0.573 e. The number of nitrogens with one attached hydrogen (secondary N) is 1. The summed E-state index contributed by atoms with van der Waals surface area (Å²) < 4.78 is 40.8. The van der Waals surface area contributed by atoms with Gasteiger partial charge in [0.05, 0.1) is 5.69 Å². The van der Waals surface area contributed by atoms with Crippen LogP contribution in [-0.2, 0) is 0 Å². The van der Waals surface area contributed by atoms with Crippen LogP contribution in [0.5, 0.6) is 5.75 Å². The quantitative estimate of drug-likeness (QED) is 0.502. The summed E-state index contributed by atoms with van der Waals surface area (Å²) in [5.41, 5.74) is 0.458. The molecule has 0 unspecified atom stereocenters. The summed E-state index contributed by atoms with van der Waals surface area (Å²) in [6.07, 6.45) is -4.90. The minimum atomic E-state index is -4.90. The highest BCUT2D eigenvalue weighted by Gasteiger charge is 2.32. The molecule has 2 aromatic rings. The first-order chi connectivity index (χ1) is 11.8. The Morgan fingerprint density at radius 2 is 1.76 bits per heavy atom. The first-order valence-corrected chi connectivity index (χ1v) is 7.01. The lowest BCUT2D eigenvalue weighted by molar-refractivity contribution is -0.274. The minimum Gasteiger partial charge on any atom is -0.404 e. The Hall–Kier alpha value is -3.18. The second-order valence-electron chi connectivity index (χ2n) is 4.70. The average molecular weight is 350 g/mol. The standard InChI is InChI=1S/C17H13F3N2O3/c18-17(19,20)25-15-11-5-4-10-14(15)21-16(23)22(24)12-6-9-13-7-2-1-3-8-13/h1-5,7-8,10-11,24H,12H2,(H,21,23). The maximum Gasteiger partial charge on any atom is 0.573 e. The molecule has 0 fully saturated rings. The number of hydroxylamine groups is 2. The van der Waals surface area contributed by atoms with Gasteiger partial charge in [-0.05, 0) is 24.3 Å². The minimum absolute atomic E-state index is 0.236. The van der Waals surface area contributed by atoms with E-state index in [-0.39, 0.29) is 17.3 Å². The monoisotopic (exact) mass is 350 g/mol. The predicted octanol–water partition coefficient (Wildman–Crippen LogP) is 3.86. The Kier molecular flexibility index (Phi) is 5.87. The summed E-state index contributed by atoms with van der Waals surface area (Å²) in [5.74, 6) is 4.72. The van der Waals surface area contributed by atoms with E-state index < -0.39 is 18.1 Å². The van der Waals surface area contributed by atoms with Crippen molar-refractivity contribution in [2.24, 2.45) is 0 Å². The molecule has 2 N–H and O–H groups in total. The van der Waals surface area contributed by atoms with E-state index in [2.05, 4.69) is 21.9 Å². The lowest BCUT2D eigenvalue weighted by Crippen LogP contribution is -2.32. The zero-order valence-corrected chi connectivity index (χ0v) is 12.7. The number of nitrogens with zero attached hydrogens (tertiary/aromatic N) is 1. The number of benzene rings is 2. The number of hydrogen-bond acceptors (Lipinski definition) is 3. The Bertz CT molecular complexity index is 783. The zero-order valence-electron chi connectivity index (χ0n) is 12.7. The number of carbonyl (C=O) groups excluding carboxylic acids is 1. The first kappa shape index (κ1) is 18.2. The summed E-state index contributed by atoms with van der Waals surface area (Å²) in [4.78, 5) is 11.8. The van der Waals surface area contributed by atoms with E-state index in [0.717, 1.165) is 6.07 Å². The van der Waals surface area contributed by atoms with E-state index in [1.165, 1.54) is 18.2 Å². The molecule has 130 valence electrons. The Morgan fingerprint density at radius 1 is 1.12 bits per heavy atom. The lowest BCUT2D eigenvalue weighted by atomic mass is 10.2. The van der Waals surface area contributed by atoms with E-state index in [9.17, 15) is 23.2 Å². The van der Waals surface area contributed by atoms with Gasteiger partial charge in [0.15, 0.2) is 5.75 Å². The number of hydrogen-bond donors (Lipinski definition) is 2. The third-order valence-electron chi connectivity index (χ3n) is 2.82. The van der Waals surface area contributed by atoms with Crippen LogP contribution in [0.4, 0.5) is 23.7 Å². The molecule has 0 heterocycles. The molecule has 2 amide bonds. The fourth-order valence-electron chi connectivity index (χ4n) is 1.77. The van der Waals surface area contributed by atoms with Gasteiger partial charge in [0.2, 0.25) is 0 Å². The van der Waals surface area contributed by atoms with Crippen molar-refractivity contribution in [3.05, 3.63) is 60.2 Å². The van der Waals surface area contributed by atoms with Gasteiger partial charge in [-0.2, -0.15) is 5.06 Å². The third kappa shape index (κ3) is 6.08. The molecule has 8 heteroatoms. The summed E-state index contributed by atoms with van der Waals surface area (Å²) in [6.45, 7) is -0.330. The molecule has 0 atom stereocenters. The SMILES string of the molecule is O=C(Nc1ccccc1OC(F)(F)F)N(O)CC#Cc1ccccc1. The van der Waals surface area contributed by atoms with Crippen LogP contribution in [0.25, 0.3) is 0 Å². The van der Waals surface area contributed by atoms with Crippen LogP contribution in [0.3, 0.4) is 0 Å². The van der Waals surface area contributed by atoms with E-state index in [4.69, 9.17) is 0 Å². The van der Waals surface area contributed by atoms with Gasteiger partial charge in [-0.1, -0.05) is 42.2 Å². The number of alkyl halides is 3. The number of halogens is 3. The maximum absolute atomic E-state index is 12.3. The predicted molar refractivity (Wildman–Crippen MR) is 84.0 cm³/mol. The van der Waals surface area contributed by atoms with Gasteiger partial charge in [0, 0.05) is 5.56 Å². The molecule has 0 aliphatic heterocycles. The highest BCUT2D eigenvalue weighted by Crippen LogP contribution is 2.29. The second kappa shape index (κ2) is 8.08. The van der Waals surface area contributed by atoms with Gasteiger partial charge in [0.1, 0.15) is 6.54 Å². The molecule has 2 rings (SSSR count). The number of ether oxygens (including phenoxy) is 1. The Labute approximate surface area is 141 Å². The molecule has 0 bridgehead atoms. The number of urea groups is 1. The molecule has 0 aliphatic rings. The van der Waals surface area contributed by atoms with E-state index >= 15 is 0 Å². The van der Waals surface area contributed by atoms with Gasteiger partial charge in [-0.3, -0.25) is 5.21 Å². The fraction of sp³-hybridized carbons (Fsp3) is 0.118. The second-order valence-corrected chi connectivity index (χ2v) is 4.70. The Morgan fingerprint density at radius 3 is 2.44 bits per heavy atom. The summed E-state index contributed by atoms with van der Waals surface area (Å²) >= 11 is 0. The lowest BCUT2D eigenvalue weighted by Gasteiger charge is -2.16. The van der Waals surface area contributed by atoms with Crippen molar-refractivity contribution in [3.63, 3.8) is 0 Å². The number of para-hydroxylation sites is 2. The van der Waals surface area contributed by atoms with E-state index in [1.807, 2.05) is 6.07 Å². The topological polar surface area (TPSA) is 61.8 Å². The molecule has 0 aliphatic carbocycles. The summed E-state index contributed by atoms with van der Waals surface area (Å²) in [7, 11) is 0. The van der Waals surface area contributed by atoms with Crippen LogP contribution in [0.1, 0.15) is 5.56 Å². The molecule has 0 spiro atoms. The molecule has 0 radical (unpaired) electrons. The van der Waals surface area contributed by atoms with Gasteiger partial charge < -0.3 is 10.1 Å². The van der Waals surface area contributed by atoms with Crippen LogP contribution in [0.2, 0.25) is 0 Å². The number of amides is 2. The molecular formula is C17H13F3N2O3. The Balaban J connectivity index is 1.99. The molecule has 0 aromatic heterocycles. The molecule has 2 aromatic carbocycles. The van der Waals surface area contributed by atoms with Crippen molar-refractivity contribution in [1.29, 1.82) is 0 Å². The van der Waals surface area contributed by atoms with Crippen molar-refractivity contribution in [3.8, 4) is 17.6 Å². The van der Waals surface area contributed by atoms with Gasteiger partial charge in [-0.15, -0.1) is 13.2 Å².